The fourth-order valence-electron chi connectivity index (χ4n) is 4.50. The summed E-state index contributed by atoms with van der Waals surface area (Å²) in [6.45, 7) is 0.239. The Kier molecular flexibility index (Phi) is 7.09. The zero-order valence-corrected chi connectivity index (χ0v) is 18.3. The van der Waals surface area contributed by atoms with E-state index in [2.05, 4.69) is 26.8 Å². The average molecular weight is 459 g/mol. The molecule has 1 aliphatic heterocycles. The minimum atomic E-state index is -1.24. The Balaban J connectivity index is 1.50. The van der Waals surface area contributed by atoms with Crippen molar-refractivity contribution in [2.75, 3.05) is 12.3 Å². The lowest BCUT2D eigenvalue weighted by atomic mass is 9.83. The van der Waals surface area contributed by atoms with E-state index in [9.17, 15) is 20.1 Å². The molecular weight excluding hydrogens is 428 g/mol. The number of aliphatic hydroxyl groups excluding tert-OH is 3. The lowest BCUT2D eigenvalue weighted by Gasteiger charge is -2.23. The van der Waals surface area contributed by atoms with Crippen LogP contribution in [0.3, 0.4) is 0 Å². The van der Waals surface area contributed by atoms with Crippen LogP contribution in [0.5, 0.6) is 0 Å². The van der Waals surface area contributed by atoms with Crippen LogP contribution in [0.2, 0.25) is 0 Å². The van der Waals surface area contributed by atoms with E-state index >= 15 is 0 Å². The molecule has 11 nitrogen and oxygen atoms in total. The summed E-state index contributed by atoms with van der Waals surface area (Å²) in [6.07, 6.45) is 1.77. The summed E-state index contributed by atoms with van der Waals surface area (Å²) in [5.74, 6) is 7.22. The molecule has 2 aromatic rings. The number of hydrogen-bond donors (Lipinski definition) is 5. The molecule has 11 heteroatoms. The van der Waals surface area contributed by atoms with Gasteiger partial charge in [0.2, 0.25) is 5.91 Å². The van der Waals surface area contributed by atoms with Gasteiger partial charge >= 0.3 is 0 Å². The number of aliphatic hydroxyl groups is 3. The number of amides is 1. The highest BCUT2D eigenvalue weighted by Gasteiger charge is 2.44. The van der Waals surface area contributed by atoms with Gasteiger partial charge in [-0.15, -0.1) is 0 Å². The van der Waals surface area contributed by atoms with E-state index in [0.29, 0.717) is 35.2 Å². The highest BCUT2D eigenvalue weighted by Crippen LogP contribution is 2.34. The first kappa shape index (κ1) is 23.4. The van der Waals surface area contributed by atoms with Crippen LogP contribution in [-0.4, -0.2) is 65.7 Å². The summed E-state index contributed by atoms with van der Waals surface area (Å²) < 4.78 is 7.33. The number of carbonyl (C=O) groups excluding carboxylic acids is 1. The molecule has 33 heavy (non-hydrogen) atoms. The van der Waals surface area contributed by atoms with Crippen LogP contribution in [0.1, 0.15) is 50.6 Å². The van der Waals surface area contributed by atoms with E-state index < -0.39 is 30.4 Å². The van der Waals surface area contributed by atoms with Crippen LogP contribution in [0.4, 0.5) is 5.82 Å². The van der Waals surface area contributed by atoms with Crippen molar-refractivity contribution in [1.82, 2.24) is 19.5 Å². The molecule has 0 unspecified atom stereocenters. The summed E-state index contributed by atoms with van der Waals surface area (Å²) in [6, 6.07) is 0. The minimum Gasteiger partial charge on any atom is -0.396 e. The summed E-state index contributed by atoms with van der Waals surface area (Å²) in [5.41, 5.74) is 12.0. The first-order valence-electron chi connectivity index (χ1n) is 11.3. The number of hydrogen-bond acceptors (Lipinski definition) is 9. The van der Waals surface area contributed by atoms with E-state index in [-0.39, 0.29) is 25.3 Å². The molecular formula is C22H30N6O5. The summed E-state index contributed by atoms with van der Waals surface area (Å²) in [4.78, 5) is 24.1. The number of anilines is 1. The lowest BCUT2D eigenvalue weighted by Crippen LogP contribution is -2.32. The number of carbonyl (C=O) groups is 1. The van der Waals surface area contributed by atoms with E-state index in [1.807, 2.05) is 0 Å². The molecule has 2 fully saturated rings. The van der Waals surface area contributed by atoms with Crippen LogP contribution >= 0.6 is 0 Å². The van der Waals surface area contributed by atoms with Crippen LogP contribution in [0, 0.1) is 23.7 Å². The molecule has 7 N–H and O–H groups in total. The second kappa shape index (κ2) is 10.0. The number of nitrogen functional groups attached to an aromatic ring is 1. The van der Waals surface area contributed by atoms with Crippen LogP contribution in [0.15, 0.2) is 6.33 Å². The second-order valence-electron chi connectivity index (χ2n) is 8.80. The predicted molar refractivity (Wildman–Crippen MR) is 118 cm³/mol. The topological polar surface area (TPSA) is 183 Å². The average Bonchev–Trinajstić information content (AvgIpc) is 3.34. The molecule has 2 aliphatic rings. The smallest absolute Gasteiger partial charge is 0.217 e. The van der Waals surface area contributed by atoms with Gasteiger partial charge in [-0.25, -0.2) is 15.0 Å². The van der Waals surface area contributed by atoms with Gasteiger partial charge in [-0.1, -0.05) is 11.8 Å². The van der Waals surface area contributed by atoms with Gasteiger partial charge in [0.05, 0.1) is 18.9 Å². The van der Waals surface area contributed by atoms with E-state index in [1.165, 1.54) is 10.9 Å². The number of fused-ring (bicyclic) bond motifs is 1. The maximum Gasteiger partial charge on any atom is 0.217 e. The monoisotopic (exact) mass is 458 g/mol. The molecule has 4 atom stereocenters. The Bertz CT molecular complexity index is 1050. The molecule has 0 bridgehead atoms. The van der Waals surface area contributed by atoms with Crippen LogP contribution in [0.25, 0.3) is 11.2 Å². The van der Waals surface area contributed by atoms with Gasteiger partial charge in [-0.05, 0) is 38.0 Å². The van der Waals surface area contributed by atoms with Gasteiger partial charge in [0, 0.05) is 18.9 Å². The Labute approximate surface area is 191 Å². The normalized spacial score (nSPS) is 29.7. The third-order valence-corrected chi connectivity index (χ3v) is 6.44. The van der Waals surface area contributed by atoms with Crippen molar-refractivity contribution < 1.29 is 24.9 Å². The molecule has 1 saturated carbocycles. The van der Waals surface area contributed by atoms with Crippen molar-refractivity contribution in [2.45, 2.75) is 69.5 Å². The van der Waals surface area contributed by atoms with Crippen molar-refractivity contribution >= 4 is 22.9 Å². The Morgan fingerprint density at radius 3 is 2.67 bits per heavy atom. The number of nitrogens with two attached hydrogens (primary N) is 2. The Morgan fingerprint density at radius 1 is 1.21 bits per heavy atom. The number of nitrogens with zero attached hydrogens (tertiary/aromatic N) is 4. The SMILES string of the molecule is NC(=O)CC[C@@H]1O[C@@H](n2cnc3c(N)nc(CC#CC4CCC(CO)CC4)nc32)[C@H](O)[C@H]1O. The zero-order valence-electron chi connectivity index (χ0n) is 18.3. The number of ether oxygens (including phenoxy) is 1. The van der Waals surface area contributed by atoms with Gasteiger partial charge < -0.3 is 31.5 Å². The van der Waals surface area contributed by atoms with Crippen molar-refractivity contribution in [1.29, 1.82) is 0 Å². The molecule has 1 amide bonds. The van der Waals surface area contributed by atoms with Crippen molar-refractivity contribution in [3.05, 3.63) is 12.2 Å². The van der Waals surface area contributed by atoms with Crippen molar-refractivity contribution in [2.24, 2.45) is 17.6 Å². The molecule has 2 aromatic heterocycles. The largest absolute Gasteiger partial charge is 0.396 e. The Morgan fingerprint density at radius 2 is 1.97 bits per heavy atom. The minimum absolute atomic E-state index is 0.0332. The molecule has 0 radical (unpaired) electrons. The standard InChI is InChI=1S/C22H30N6O5/c23-15(30)9-8-14-18(31)19(32)22(33-14)28-11-25-17-20(24)26-16(27-21(17)28)3-1-2-12-4-6-13(10-29)7-5-12/h11-14,18-19,22,29,31-32H,3-10H2,(H2,23,30)(H2,24,26,27)/t12?,13?,14-,18-,19+,22+/m0/s1. The van der Waals surface area contributed by atoms with Gasteiger partial charge in [0.1, 0.15) is 23.5 Å². The lowest BCUT2D eigenvalue weighted by molar-refractivity contribution is -0.119. The maximum absolute atomic E-state index is 11.1. The van der Waals surface area contributed by atoms with E-state index in [1.54, 1.807) is 0 Å². The quantitative estimate of drug-likeness (QED) is 0.361. The molecule has 178 valence electrons. The predicted octanol–water partition coefficient (Wildman–Crippen LogP) is -0.362. The van der Waals surface area contributed by atoms with Crippen LogP contribution in [-0.2, 0) is 16.0 Å². The molecule has 1 saturated heterocycles. The third kappa shape index (κ3) is 5.09. The summed E-state index contributed by atoms with van der Waals surface area (Å²) in [5, 5.41) is 30.1. The number of rotatable bonds is 6. The second-order valence-corrected chi connectivity index (χ2v) is 8.80. The molecule has 0 spiro atoms. The molecule has 1 aliphatic carbocycles. The van der Waals surface area contributed by atoms with Crippen molar-refractivity contribution in [3.8, 4) is 11.8 Å². The number of aromatic nitrogens is 4. The number of primary amides is 1. The highest BCUT2D eigenvalue weighted by molar-refractivity contribution is 5.81. The van der Waals surface area contributed by atoms with Crippen molar-refractivity contribution in [3.63, 3.8) is 0 Å². The molecule has 0 aromatic carbocycles. The first-order valence-corrected chi connectivity index (χ1v) is 11.3. The first-order chi connectivity index (χ1) is 15.9. The van der Waals surface area contributed by atoms with E-state index in [0.717, 1.165) is 25.7 Å². The highest BCUT2D eigenvalue weighted by atomic mass is 16.6. The Hall–Kier alpha value is -2.78. The van der Waals surface area contributed by atoms with Gasteiger partial charge in [0.15, 0.2) is 17.7 Å². The fourth-order valence-corrected chi connectivity index (χ4v) is 4.50. The molecule has 3 heterocycles. The molecule has 4 rings (SSSR count). The fraction of sp³-hybridized carbons (Fsp3) is 0.636. The number of imidazole rings is 1. The van der Waals surface area contributed by atoms with Crippen LogP contribution < -0.4 is 11.5 Å². The van der Waals surface area contributed by atoms with Gasteiger partial charge in [-0.2, -0.15) is 0 Å². The van der Waals surface area contributed by atoms with E-state index in [4.69, 9.17) is 16.2 Å². The van der Waals surface area contributed by atoms with Gasteiger partial charge in [0.25, 0.3) is 0 Å². The van der Waals surface area contributed by atoms with Gasteiger partial charge in [-0.3, -0.25) is 9.36 Å². The zero-order chi connectivity index (χ0) is 23.5. The maximum atomic E-state index is 11.1. The summed E-state index contributed by atoms with van der Waals surface area (Å²) >= 11 is 0. The summed E-state index contributed by atoms with van der Waals surface area (Å²) in [7, 11) is 0. The third-order valence-electron chi connectivity index (χ3n) is 6.44.